The van der Waals surface area contributed by atoms with Crippen molar-refractivity contribution in [3.63, 3.8) is 0 Å². The van der Waals surface area contributed by atoms with E-state index in [1.165, 1.54) is 19.3 Å². The molecule has 5 nitrogen and oxygen atoms in total. The minimum atomic E-state index is -0.604. The summed E-state index contributed by atoms with van der Waals surface area (Å²) in [6.07, 6.45) is 5.44. The highest BCUT2D eigenvalue weighted by molar-refractivity contribution is 5.85. The zero-order chi connectivity index (χ0) is 15.4. The zero-order valence-corrected chi connectivity index (χ0v) is 14.0. The van der Waals surface area contributed by atoms with Crippen LogP contribution in [-0.4, -0.2) is 31.2 Å². The number of ether oxygens (including phenoxy) is 2. The normalized spacial score (nSPS) is 21.9. The molecule has 1 saturated carbocycles. The van der Waals surface area contributed by atoms with Gasteiger partial charge >= 0.3 is 0 Å². The number of carbonyl (C=O) groups is 1. The van der Waals surface area contributed by atoms with Crippen molar-refractivity contribution in [3.05, 3.63) is 24.3 Å². The first-order valence-corrected chi connectivity index (χ1v) is 8.17. The molecule has 2 unspecified atom stereocenters. The van der Waals surface area contributed by atoms with Gasteiger partial charge in [-0.25, -0.2) is 0 Å². The molecule has 0 bridgehead atoms. The van der Waals surface area contributed by atoms with Crippen molar-refractivity contribution in [1.29, 1.82) is 0 Å². The van der Waals surface area contributed by atoms with Gasteiger partial charge in [-0.2, -0.15) is 0 Å². The number of nitrogens with one attached hydrogen (secondary N) is 1. The molecule has 128 valence electrons. The molecule has 0 saturated heterocycles. The van der Waals surface area contributed by atoms with E-state index < -0.39 is 6.10 Å². The second kappa shape index (κ2) is 8.41. The minimum absolute atomic E-state index is 0. The number of hydrogen-bond acceptors (Lipinski definition) is 4. The lowest BCUT2D eigenvalue weighted by molar-refractivity contribution is -0.131. The summed E-state index contributed by atoms with van der Waals surface area (Å²) >= 11 is 0. The van der Waals surface area contributed by atoms with E-state index in [0.29, 0.717) is 24.0 Å². The van der Waals surface area contributed by atoms with Crippen LogP contribution in [0, 0.1) is 5.92 Å². The van der Waals surface area contributed by atoms with Crippen molar-refractivity contribution >= 4 is 18.3 Å². The molecule has 3 N–H and O–H groups in total. The Labute approximate surface area is 143 Å². The average Bonchev–Trinajstić information content (AvgIpc) is 2.59. The quantitative estimate of drug-likeness (QED) is 0.881. The highest BCUT2D eigenvalue weighted by Crippen LogP contribution is 2.31. The predicted molar refractivity (Wildman–Crippen MR) is 91.2 cm³/mol. The van der Waals surface area contributed by atoms with E-state index in [1.807, 2.05) is 24.3 Å². The number of nitrogens with two attached hydrogens (primary N) is 1. The van der Waals surface area contributed by atoms with Crippen molar-refractivity contribution in [2.24, 2.45) is 11.7 Å². The van der Waals surface area contributed by atoms with Gasteiger partial charge in [-0.3, -0.25) is 4.79 Å². The Morgan fingerprint density at radius 1 is 1.22 bits per heavy atom. The van der Waals surface area contributed by atoms with Gasteiger partial charge in [0.1, 0.15) is 6.61 Å². The number of fused-ring (bicyclic) bond motifs is 1. The van der Waals surface area contributed by atoms with Crippen molar-refractivity contribution in [3.8, 4) is 11.5 Å². The van der Waals surface area contributed by atoms with Gasteiger partial charge in [0.05, 0.1) is 0 Å². The van der Waals surface area contributed by atoms with E-state index in [2.05, 4.69) is 5.32 Å². The first-order chi connectivity index (χ1) is 10.8. The summed E-state index contributed by atoms with van der Waals surface area (Å²) < 4.78 is 11.3. The summed E-state index contributed by atoms with van der Waals surface area (Å²) in [6.45, 7) is 0.714. The number of rotatable bonds is 4. The van der Waals surface area contributed by atoms with E-state index in [1.54, 1.807) is 0 Å². The summed E-state index contributed by atoms with van der Waals surface area (Å²) in [5.41, 5.74) is 5.87. The van der Waals surface area contributed by atoms with E-state index in [4.69, 9.17) is 15.2 Å². The van der Waals surface area contributed by atoms with Gasteiger partial charge in [0.15, 0.2) is 11.5 Å². The van der Waals surface area contributed by atoms with Crippen molar-refractivity contribution in [2.75, 3.05) is 13.2 Å². The standard InChI is InChI=1S/C17H24N2O3.ClH/c18-10-13(12-6-2-1-3-7-12)19-17(20)16-11-21-14-8-4-5-9-15(14)22-16;/h4-5,8-9,12-13,16H,1-3,6-7,10-11,18H2,(H,19,20);1H. The van der Waals surface area contributed by atoms with E-state index in [-0.39, 0.29) is 31.0 Å². The molecule has 1 aliphatic carbocycles. The second-order valence-electron chi connectivity index (χ2n) is 6.11. The summed E-state index contributed by atoms with van der Waals surface area (Å²) in [7, 11) is 0. The Kier molecular flexibility index (Phi) is 6.54. The zero-order valence-electron chi connectivity index (χ0n) is 13.2. The lowest BCUT2D eigenvalue weighted by Gasteiger charge is -2.32. The molecule has 1 amide bonds. The summed E-state index contributed by atoms with van der Waals surface area (Å²) in [5, 5.41) is 3.07. The van der Waals surface area contributed by atoms with Crippen LogP contribution in [-0.2, 0) is 4.79 Å². The van der Waals surface area contributed by atoms with Crippen LogP contribution < -0.4 is 20.5 Å². The maximum Gasteiger partial charge on any atom is 0.264 e. The van der Waals surface area contributed by atoms with Gasteiger partial charge in [-0.05, 0) is 30.9 Å². The molecule has 2 aliphatic rings. The molecule has 3 rings (SSSR count). The van der Waals surface area contributed by atoms with Gasteiger partial charge in [0.25, 0.3) is 5.91 Å². The molecular formula is C17H25ClN2O3. The third-order valence-corrected chi connectivity index (χ3v) is 4.60. The fourth-order valence-corrected chi connectivity index (χ4v) is 3.33. The summed E-state index contributed by atoms with van der Waals surface area (Å²) in [6, 6.07) is 7.45. The number of halogens is 1. The summed E-state index contributed by atoms with van der Waals surface area (Å²) in [5.74, 6) is 1.67. The number of para-hydroxylation sites is 2. The Bertz CT molecular complexity index is 520. The maximum atomic E-state index is 12.4. The largest absolute Gasteiger partial charge is 0.485 e. The van der Waals surface area contributed by atoms with E-state index in [0.717, 1.165) is 12.8 Å². The molecule has 1 fully saturated rings. The van der Waals surface area contributed by atoms with Crippen LogP contribution >= 0.6 is 12.4 Å². The number of benzene rings is 1. The Morgan fingerprint density at radius 3 is 2.61 bits per heavy atom. The SMILES string of the molecule is Cl.NCC(NC(=O)C1COc2ccccc2O1)C1CCCCC1. The fraction of sp³-hybridized carbons (Fsp3) is 0.588. The molecule has 6 heteroatoms. The highest BCUT2D eigenvalue weighted by Gasteiger charge is 2.31. The van der Waals surface area contributed by atoms with E-state index >= 15 is 0 Å². The molecule has 23 heavy (non-hydrogen) atoms. The fourth-order valence-electron chi connectivity index (χ4n) is 3.33. The van der Waals surface area contributed by atoms with Crippen LogP contribution in [0.25, 0.3) is 0 Å². The molecular weight excluding hydrogens is 316 g/mol. The molecule has 1 heterocycles. The maximum absolute atomic E-state index is 12.4. The van der Waals surface area contributed by atoms with Crippen LogP contribution in [0.5, 0.6) is 11.5 Å². The topological polar surface area (TPSA) is 73.6 Å². The van der Waals surface area contributed by atoms with Gasteiger partial charge < -0.3 is 20.5 Å². The van der Waals surface area contributed by atoms with Crippen LogP contribution in [0.3, 0.4) is 0 Å². The molecule has 0 spiro atoms. The van der Waals surface area contributed by atoms with Gasteiger partial charge in [0.2, 0.25) is 6.10 Å². The van der Waals surface area contributed by atoms with Gasteiger partial charge in [0, 0.05) is 12.6 Å². The molecule has 1 aromatic carbocycles. The number of hydrogen-bond donors (Lipinski definition) is 2. The molecule has 0 aromatic heterocycles. The molecule has 1 aliphatic heterocycles. The van der Waals surface area contributed by atoms with Gasteiger partial charge in [-0.15, -0.1) is 12.4 Å². The second-order valence-corrected chi connectivity index (χ2v) is 6.11. The molecule has 0 radical (unpaired) electrons. The minimum Gasteiger partial charge on any atom is -0.485 e. The predicted octanol–water partition coefficient (Wildman–Crippen LogP) is 2.27. The summed E-state index contributed by atoms with van der Waals surface area (Å²) in [4.78, 5) is 12.4. The van der Waals surface area contributed by atoms with Crippen LogP contribution in [0.2, 0.25) is 0 Å². The first-order valence-electron chi connectivity index (χ1n) is 8.17. The number of carbonyl (C=O) groups excluding carboxylic acids is 1. The Morgan fingerprint density at radius 2 is 1.91 bits per heavy atom. The smallest absolute Gasteiger partial charge is 0.264 e. The third kappa shape index (κ3) is 4.30. The third-order valence-electron chi connectivity index (χ3n) is 4.60. The number of amides is 1. The van der Waals surface area contributed by atoms with E-state index in [9.17, 15) is 4.79 Å². The first kappa shape index (κ1) is 17.9. The van der Waals surface area contributed by atoms with Gasteiger partial charge in [-0.1, -0.05) is 31.4 Å². The van der Waals surface area contributed by atoms with Crippen LogP contribution in [0.15, 0.2) is 24.3 Å². The average molecular weight is 341 g/mol. The monoisotopic (exact) mass is 340 g/mol. The van der Waals surface area contributed by atoms with Crippen molar-refractivity contribution < 1.29 is 14.3 Å². The van der Waals surface area contributed by atoms with Crippen molar-refractivity contribution in [1.82, 2.24) is 5.32 Å². The Hall–Kier alpha value is -1.46. The molecule has 2 atom stereocenters. The Balaban J connectivity index is 0.00000192. The van der Waals surface area contributed by atoms with Crippen molar-refractivity contribution in [2.45, 2.75) is 44.2 Å². The lowest BCUT2D eigenvalue weighted by atomic mass is 9.84. The van der Waals surface area contributed by atoms with Crippen LogP contribution in [0.1, 0.15) is 32.1 Å². The van der Waals surface area contributed by atoms with Crippen LogP contribution in [0.4, 0.5) is 0 Å². The molecule has 1 aromatic rings. The highest BCUT2D eigenvalue weighted by atomic mass is 35.5. The lowest BCUT2D eigenvalue weighted by Crippen LogP contribution is -2.52.